The van der Waals surface area contributed by atoms with Gasteiger partial charge in [-0.05, 0) is 44.0 Å². The number of likely N-dealkylation sites (tertiary alicyclic amines) is 1. The second-order valence-corrected chi connectivity index (χ2v) is 7.76. The molecule has 0 saturated carbocycles. The van der Waals surface area contributed by atoms with Crippen molar-refractivity contribution in [1.82, 2.24) is 14.9 Å². The Morgan fingerprint density at radius 1 is 1.35 bits per heavy atom. The molecule has 23 heavy (non-hydrogen) atoms. The fourth-order valence-electron chi connectivity index (χ4n) is 3.19. The van der Waals surface area contributed by atoms with Gasteiger partial charge in [-0.25, -0.2) is 4.98 Å². The van der Waals surface area contributed by atoms with E-state index in [9.17, 15) is 4.79 Å². The van der Waals surface area contributed by atoms with E-state index in [0.29, 0.717) is 11.0 Å². The monoisotopic (exact) mass is 332 g/mol. The predicted octanol–water partition coefficient (Wildman–Crippen LogP) is 3.49. The number of amides is 1. The van der Waals surface area contributed by atoms with Crippen molar-refractivity contribution >= 4 is 32.7 Å². The van der Waals surface area contributed by atoms with E-state index in [1.54, 1.807) is 0 Å². The minimum absolute atomic E-state index is 0.0956. The van der Waals surface area contributed by atoms with E-state index in [4.69, 9.17) is 4.98 Å². The summed E-state index contributed by atoms with van der Waals surface area (Å²) in [4.78, 5) is 22.9. The summed E-state index contributed by atoms with van der Waals surface area (Å²) in [6.07, 6.45) is 2.32. The van der Waals surface area contributed by atoms with E-state index in [0.717, 1.165) is 47.9 Å². The SMILES string of the molecule is CC(=O)Nc1nc2nc(C3CCN(CC(C)C)CC3)ccc2s1. The van der Waals surface area contributed by atoms with E-state index in [1.165, 1.54) is 24.8 Å². The number of rotatable bonds is 4. The normalized spacial score (nSPS) is 17.0. The molecular formula is C17H24N4OS. The van der Waals surface area contributed by atoms with Crippen LogP contribution in [0, 0.1) is 5.92 Å². The van der Waals surface area contributed by atoms with Gasteiger partial charge in [-0.3, -0.25) is 4.79 Å². The van der Waals surface area contributed by atoms with Gasteiger partial charge in [0.05, 0.1) is 4.70 Å². The third-order valence-corrected chi connectivity index (χ3v) is 5.11. The molecule has 0 aromatic carbocycles. The molecule has 3 rings (SSSR count). The van der Waals surface area contributed by atoms with Gasteiger partial charge in [-0.2, -0.15) is 4.98 Å². The first-order valence-electron chi connectivity index (χ1n) is 8.28. The maximum absolute atomic E-state index is 11.1. The van der Waals surface area contributed by atoms with Gasteiger partial charge in [0.25, 0.3) is 0 Å². The van der Waals surface area contributed by atoms with Crippen molar-refractivity contribution in [3.63, 3.8) is 0 Å². The lowest BCUT2D eigenvalue weighted by molar-refractivity contribution is -0.114. The summed E-state index contributed by atoms with van der Waals surface area (Å²) in [5.74, 6) is 1.15. The molecule has 0 atom stereocenters. The van der Waals surface area contributed by atoms with Gasteiger partial charge in [0.1, 0.15) is 0 Å². The molecule has 0 spiro atoms. The van der Waals surface area contributed by atoms with Crippen LogP contribution >= 0.6 is 11.3 Å². The Morgan fingerprint density at radius 3 is 2.74 bits per heavy atom. The molecule has 1 aliphatic rings. The zero-order chi connectivity index (χ0) is 16.4. The smallest absolute Gasteiger partial charge is 0.223 e. The molecule has 1 fully saturated rings. The van der Waals surface area contributed by atoms with Gasteiger partial charge in [-0.15, -0.1) is 0 Å². The minimum atomic E-state index is -0.0956. The number of anilines is 1. The first kappa shape index (κ1) is 16.3. The maximum atomic E-state index is 11.1. The lowest BCUT2D eigenvalue weighted by Gasteiger charge is -2.32. The van der Waals surface area contributed by atoms with Crippen molar-refractivity contribution in [2.24, 2.45) is 5.92 Å². The number of piperidine rings is 1. The molecule has 0 radical (unpaired) electrons. The summed E-state index contributed by atoms with van der Waals surface area (Å²) in [5, 5.41) is 3.37. The quantitative estimate of drug-likeness (QED) is 0.931. The summed E-state index contributed by atoms with van der Waals surface area (Å²) in [5.41, 5.74) is 1.89. The molecule has 0 bridgehead atoms. The highest BCUT2D eigenvalue weighted by Crippen LogP contribution is 2.30. The van der Waals surface area contributed by atoms with Crippen LogP contribution in [0.25, 0.3) is 10.3 Å². The second kappa shape index (κ2) is 6.93. The van der Waals surface area contributed by atoms with Crippen LogP contribution in [0.5, 0.6) is 0 Å². The molecule has 2 aromatic heterocycles. The van der Waals surface area contributed by atoms with Crippen molar-refractivity contribution < 1.29 is 4.79 Å². The van der Waals surface area contributed by atoms with Crippen molar-refractivity contribution in [3.8, 4) is 0 Å². The van der Waals surface area contributed by atoms with E-state index in [1.807, 2.05) is 0 Å². The van der Waals surface area contributed by atoms with Crippen molar-refractivity contribution in [2.45, 2.75) is 39.5 Å². The number of hydrogen-bond donors (Lipinski definition) is 1. The molecule has 3 heterocycles. The Labute approximate surface area is 141 Å². The summed E-state index contributed by atoms with van der Waals surface area (Å²) in [6.45, 7) is 9.53. The van der Waals surface area contributed by atoms with Gasteiger partial charge < -0.3 is 10.2 Å². The van der Waals surface area contributed by atoms with Crippen LogP contribution in [0.4, 0.5) is 5.13 Å². The van der Waals surface area contributed by atoms with Crippen LogP contribution in [0.2, 0.25) is 0 Å². The molecule has 6 heteroatoms. The standard InChI is InChI=1S/C17H24N4OS/c1-11(2)10-21-8-6-13(7-9-21)14-4-5-15-16(19-14)20-17(23-15)18-12(3)22/h4-5,11,13H,6-10H2,1-3H3,(H,18,19,20,22). The molecule has 2 aromatic rings. The highest BCUT2D eigenvalue weighted by molar-refractivity contribution is 7.22. The molecule has 1 aliphatic heterocycles. The second-order valence-electron chi connectivity index (χ2n) is 6.73. The lowest BCUT2D eigenvalue weighted by atomic mass is 9.92. The number of nitrogens with zero attached hydrogens (tertiary/aromatic N) is 3. The summed E-state index contributed by atoms with van der Waals surface area (Å²) < 4.78 is 1.02. The van der Waals surface area contributed by atoms with E-state index >= 15 is 0 Å². The summed E-state index contributed by atoms with van der Waals surface area (Å²) in [7, 11) is 0. The van der Waals surface area contributed by atoms with Crippen molar-refractivity contribution in [1.29, 1.82) is 0 Å². The molecule has 0 aliphatic carbocycles. The van der Waals surface area contributed by atoms with E-state index < -0.39 is 0 Å². The number of carbonyl (C=O) groups excluding carboxylic acids is 1. The zero-order valence-electron chi connectivity index (χ0n) is 14.0. The topological polar surface area (TPSA) is 58.1 Å². The molecule has 5 nitrogen and oxygen atoms in total. The number of hydrogen-bond acceptors (Lipinski definition) is 5. The number of thiazole rings is 1. The maximum Gasteiger partial charge on any atom is 0.223 e. The van der Waals surface area contributed by atoms with E-state index in [-0.39, 0.29) is 5.91 Å². The van der Waals surface area contributed by atoms with Gasteiger partial charge in [-0.1, -0.05) is 25.2 Å². The van der Waals surface area contributed by atoms with E-state index in [2.05, 4.69) is 41.2 Å². The lowest BCUT2D eigenvalue weighted by Crippen LogP contribution is -2.35. The first-order valence-corrected chi connectivity index (χ1v) is 9.10. The molecule has 0 unspecified atom stereocenters. The average molecular weight is 332 g/mol. The molecule has 1 N–H and O–H groups in total. The predicted molar refractivity (Wildman–Crippen MR) is 95.0 cm³/mol. The highest BCUT2D eigenvalue weighted by Gasteiger charge is 2.22. The fourth-order valence-corrected chi connectivity index (χ4v) is 4.05. The van der Waals surface area contributed by atoms with Crippen LogP contribution in [0.3, 0.4) is 0 Å². The average Bonchev–Trinajstić information content (AvgIpc) is 2.87. The van der Waals surface area contributed by atoms with Crippen molar-refractivity contribution in [2.75, 3.05) is 25.0 Å². The largest absolute Gasteiger partial charge is 0.303 e. The Kier molecular flexibility index (Phi) is 4.92. The first-order chi connectivity index (χ1) is 11.0. The Morgan fingerprint density at radius 2 is 2.09 bits per heavy atom. The number of carbonyl (C=O) groups is 1. The van der Waals surface area contributed by atoms with Crippen LogP contribution in [0.15, 0.2) is 12.1 Å². The van der Waals surface area contributed by atoms with Crippen LogP contribution in [0.1, 0.15) is 45.2 Å². The number of fused-ring (bicyclic) bond motifs is 1. The molecule has 1 amide bonds. The highest BCUT2D eigenvalue weighted by atomic mass is 32.1. The number of pyridine rings is 1. The minimum Gasteiger partial charge on any atom is -0.303 e. The Hall–Kier alpha value is -1.53. The third-order valence-electron chi connectivity index (χ3n) is 4.19. The van der Waals surface area contributed by atoms with Gasteiger partial charge >= 0.3 is 0 Å². The van der Waals surface area contributed by atoms with Crippen LogP contribution < -0.4 is 5.32 Å². The molecule has 124 valence electrons. The van der Waals surface area contributed by atoms with Crippen LogP contribution in [-0.2, 0) is 4.79 Å². The van der Waals surface area contributed by atoms with Gasteiger partial charge in [0, 0.05) is 25.1 Å². The third kappa shape index (κ3) is 4.06. The molecular weight excluding hydrogens is 308 g/mol. The van der Waals surface area contributed by atoms with Crippen molar-refractivity contribution in [3.05, 3.63) is 17.8 Å². The summed E-state index contributed by atoms with van der Waals surface area (Å²) in [6, 6.07) is 4.21. The zero-order valence-corrected chi connectivity index (χ0v) is 14.8. The Bertz CT molecular complexity index is 689. The number of nitrogens with one attached hydrogen (secondary N) is 1. The van der Waals surface area contributed by atoms with Crippen LogP contribution in [-0.4, -0.2) is 40.4 Å². The van der Waals surface area contributed by atoms with Gasteiger partial charge in [0.2, 0.25) is 5.91 Å². The van der Waals surface area contributed by atoms with Gasteiger partial charge in [0.15, 0.2) is 10.8 Å². The summed E-state index contributed by atoms with van der Waals surface area (Å²) >= 11 is 1.47. The molecule has 1 saturated heterocycles. The number of aromatic nitrogens is 2. The fraction of sp³-hybridized carbons (Fsp3) is 0.588. The Balaban J connectivity index is 1.70.